The molecule has 0 bridgehead atoms. The molecule has 1 fully saturated rings. The number of hydrogen-bond acceptors (Lipinski definition) is 1. The van der Waals surface area contributed by atoms with Crippen molar-refractivity contribution in [2.24, 2.45) is 0 Å². The van der Waals surface area contributed by atoms with Gasteiger partial charge in [-0.25, -0.2) is 0 Å². The molecule has 0 heterocycles. The van der Waals surface area contributed by atoms with Gasteiger partial charge in [0.1, 0.15) is 0 Å². The van der Waals surface area contributed by atoms with Crippen LogP contribution in [0, 0.1) is 11.3 Å². The van der Waals surface area contributed by atoms with Crippen LogP contribution >= 0.6 is 0 Å². The summed E-state index contributed by atoms with van der Waals surface area (Å²) < 4.78 is 0. The topological polar surface area (TPSA) is 23.8 Å². The molecule has 2 rings (SSSR count). The zero-order valence-corrected chi connectivity index (χ0v) is 11.8. The van der Waals surface area contributed by atoms with Crippen molar-refractivity contribution in [3.8, 4) is 6.07 Å². The summed E-state index contributed by atoms with van der Waals surface area (Å²) in [5.41, 5.74) is 2.53. The Bertz CT molecular complexity index is 436. The van der Waals surface area contributed by atoms with E-state index in [-0.39, 0.29) is 10.8 Å². The second kappa shape index (κ2) is 4.76. The van der Waals surface area contributed by atoms with E-state index in [1.165, 1.54) is 30.4 Å². The van der Waals surface area contributed by atoms with Gasteiger partial charge in [0.05, 0.1) is 11.5 Å². The van der Waals surface area contributed by atoms with Crippen LogP contribution in [0.2, 0.25) is 0 Å². The number of hydrogen-bond donors (Lipinski definition) is 0. The van der Waals surface area contributed by atoms with Gasteiger partial charge in [-0.15, -0.1) is 0 Å². The van der Waals surface area contributed by atoms with Gasteiger partial charge >= 0.3 is 0 Å². The maximum absolute atomic E-state index is 9.57. The summed E-state index contributed by atoms with van der Waals surface area (Å²) in [6.07, 6.45) is 5.71. The third kappa shape index (κ3) is 2.43. The molecule has 18 heavy (non-hydrogen) atoms. The van der Waals surface area contributed by atoms with Crippen molar-refractivity contribution < 1.29 is 0 Å². The molecule has 1 aliphatic carbocycles. The first-order valence-electron chi connectivity index (χ1n) is 7.00. The van der Waals surface area contributed by atoms with Crippen molar-refractivity contribution >= 4 is 0 Å². The van der Waals surface area contributed by atoms with E-state index < -0.39 is 0 Å². The Morgan fingerprint density at radius 2 is 1.56 bits per heavy atom. The van der Waals surface area contributed by atoms with E-state index in [1.54, 1.807) is 0 Å². The van der Waals surface area contributed by atoms with Gasteiger partial charge in [0.15, 0.2) is 0 Å². The molecule has 96 valence electrons. The van der Waals surface area contributed by atoms with Gasteiger partial charge in [0, 0.05) is 0 Å². The predicted molar refractivity (Wildman–Crippen MR) is 75.5 cm³/mol. The molecule has 1 nitrogen and oxygen atoms in total. The van der Waals surface area contributed by atoms with Gasteiger partial charge in [-0.3, -0.25) is 0 Å². The fourth-order valence-electron chi connectivity index (χ4n) is 2.91. The van der Waals surface area contributed by atoms with E-state index in [0.717, 1.165) is 12.8 Å². The van der Waals surface area contributed by atoms with E-state index in [0.29, 0.717) is 0 Å². The number of nitriles is 1. The summed E-state index contributed by atoms with van der Waals surface area (Å²) in [5.74, 6) is 0. The Kier molecular flexibility index (Phi) is 3.48. The van der Waals surface area contributed by atoms with Crippen LogP contribution in [0.4, 0.5) is 0 Å². The second-order valence-corrected chi connectivity index (χ2v) is 6.58. The summed E-state index contributed by atoms with van der Waals surface area (Å²) in [6, 6.07) is 11.3. The molecule has 0 atom stereocenters. The van der Waals surface area contributed by atoms with E-state index in [9.17, 15) is 5.26 Å². The Balaban J connectivity index is 2.31. The van der Waals surface area contributed by atoms with Crippen LogP contribution in [0.15, 0.2) is 24.3 Å². The molecular weight excluding hydrogens is 218 g/mol. The zero-order chi connectivity index (χ0) is 13.2. The molecule has 0 amide bonds. The fraction of sp³-hybridized carbons (Fsp3) is 0.588. The molecule has 0 aromatic heterocycles. The lowest BCUT2D eigenvalue weighted by Gasteiger charge is -2.31. The highest BCUT2D eigenvalue weighted by molar-refractivity contribution is 5.36. The maximum atomic E-state index is 9.57. The third-order valence-electron chi connectivity index (χ3n) is 4.22. The lowest BCUT2D eigenvalue weighted by Crippen LogP contribution is -2.27. The minimum absolute atomic E-state index is 0.185. The lowest BCUT2D eigenvalue weighted by molar-refractivity contribution is 0.366. The van der Waals surface area contributed by atoms with Crippen LogP contribution < -0.4 is 0 Å². The highest BCUT2D eigenvalue weighted by Crippen LogP contribution is 2.39. The van der Waals surface area contributed by atoms with Crippen molar-refractivity contribution in [3.63, 3.8) is 0 Å². The van der Waals surface area contributed by atoms with Crippen LogP contribution in [0.1, 0.15) is 64.0 Å². The summed E-state index contributed by atoms with van der Waals surface area (Å²) in [7, 11) is 0. The van der Waals surface area contributed by atoms with Crippen LogP contribution in [0.3, 0.4) is 0 Å². The molecule has 0 unspecified atom stereocenters. The van der Waals surface area contributed by atoms with Gasteiger partial charge in [-0.1, -0.05) is 64.3 Å². The van der Waals surface area contributed by atoms with Crippen LogP contribution in [-0.2, 0) is 10.8 Å². The molecule has 1 heteroatoms. The predicted octanol–water partition coefficient (Wildman–Crippen LogP) is 4.71. The van der Waals surface area contributed by atoms with Crippen molar-refractivity contribution in [1.82, 2.24) is 0 Å². The Hall–Kier alpha value is -1.29. The van der Waals surface area contributed by atoms with Gasteiger partial charge in [-0.2, -0.15) is 5.26 Å². The monoisotopic (exact) mass is 241 g/mol. The highest BCUT2D eigenvalue weighted by Gasteiger charge is 2.33. The van der Waals surface area contributed by atoms with Crippen LogP contribution in [-0.4, -0.2) is 0 Å². The number of nitrogens with zero attached hydrogens (tertiary/aromatic N) is 1. The van der Waals surface area contributed by atoms with Crippen molar-refractivity contribution in [2.45, 2.75) is 63.7 Å². The smallest absolute Gasteiger partial charge is 0.0822 e. The SMILES string of the molecule is CC(C)(C)c1ccc(C2(C#N)CCCCC2)cc1. The molecule has 1 saturated carbocycles. The zero-order valence-electron chi connectivity index (χ0n) is 11.8. The maximum Gasteiger partial charge on any atom is 0.0822 e. The van der Waals surface area contributed by atoms with Gasteiger partial charge in [-0.05, 0) is 29.4 Å². The van der Waals surface area contributed by atoms with Crippen molar-refractivity contribution in [2.75, 3.05) is 0 Å². The average molecular weight is 241 g/mol. The molecule has 0 N–H and O–H groups in total. The second-order valence-electron chi connectivity index (χ2n) is 6.58. The largest absolute Gasteiger partial charge is 0.197 e. The van der Waals surface area contributed by atoms with Crippen LogP contribution in [0.25, 0.3) is 0 Å². The molecule has 0 radical (unpaired) electrons. The number of benzene rings is 1. The molecule has 0 aliphatic heterocycles. The van der Waals surface area contributed by atoms with E-state index in [4.69, 9.17) is 0 Å². The standard InChI is InChI=1S/C17H23N/c1-16(2,3)14-7-9-15(10-8-14)17(13-18)11-5-4-6-12-17/h7-10H,4-6,11-12H2,1-3H3. The molecule has 0 saturated heterocycles. The first kappa shape index (κ1) is 13.1. The molecule has 1 aromatic carbocycles. The van der Waals surface area contributed by atoms with E-state index in [1.807, 2.05) is 0 Å². The van der Waals surface area contributed by atoms with E-state index >= 15 is 0 Å². The van der Waals surface area contributed by atoms with Gasteiger partial charge in [0.25, 0.3) is 0 Å². The van der Waals surface area contributed by atoms with E-state index in [2.05, 4.69) is 51.1 Å². The molecule has 1 aliphatic rings. The first-order valence-corrected chi connectivity index (χ1v) is 7.00. The van der Waals surface area contributed by atoms with Crippen molar-refractivity contribution in [1.29, 1.82) is 5.26 Å². The third-order valence-corrected chi connectivity index (χ3v) is 4.22. The highest BCUT2D eigenvalue weighted by atomic mass is 14.4. The summed E-state index contributed by atoms with van der Waals surface area (Å²) in [4.78, 5) is 0. The minimum atomic E-state index is -0.214. The molecule has 1 aromatic rings. The van der Waals surface area contributed by atoms with Gasteiger partial charge < -0.3 is 0 Å². The summed E-state index contributed by atoms with van der Waals surface area (Å²) >= 11 is 0. The summed E-state index contributed by atoms with van der Waals surface area (Å²) in [5, 5.41) is 9.57. The van der Waals surface area contributed by atoms with Crippen LogP contribution in [0.5, 0.6) is 0 Å². The fourth-order valence-corrected chi connectivity index (χ4v) is 2.91. The van der Waals surface area contributed by atoms with Gasteiger partial charge in [0.2, 0.25) is 0 Å². The molecule has 0 spiro atoms. The minimum Gasteiger partial charge on any atom is -0.197 e. The Labute approximate surface area is 111 Å². The number of rotatable bonds is 1. The lowest BCUT2D eigenvalue weighted by atomic mass is 9.70. The van der Waals surface area contributed by atoms with Crippen molar-refractivity contribution in [3.05, 3.63) is 35.4 Å². The Morgan fingerprint density at radius 3 is 2.00 bits per heavy atom. The Morgan fingerprint density at radius 1 is 1.00 bits per heavy atom. The first-order chi connectivity index (χ1) is 8.48. The summed E-state index contributed by atoms with van der Waals surface area (Å²) in [6.45, 7) is 6.67. The average Bonchev–Trinajstić information content (AvgIpc) is 2.39. The quantitative estimate of drug-likeness (QED) is 0.698. The molecular formula is C17H23N. The normalized spacial score (nSPS) is 19.2.